The van der Waals surface area contributed by atoms with Crippen LogP contribution in [0, 0.1) is 5.92 Å². The van der Waals surface area contributed by atoms with Crippen LogP contribution in [-0.2, 0) is 11.3 Å². The van der Waals surface area contributed by atoms with Crippen LogP contribution in [0.4, 0.5) is 5.82 Å². The highest BCUT2D eigenvalue weighted by atomic mass is 16.5. The van der Waals surface area contributed by atoms with E-state index in [1.165, 1.54) is 6.33 Å². The lowest BCUT2D eigenvalue weighted by Gasteiger charge is -2.12. The van der Waals surface area contributed by atoms with Gasteiger partial charge in [0.1, 0.15) is 11.8 Å². The third-order valence-corrected chi connectivity index (χ3v) is 2.69. The van der Waals surface area contributed by atoms with E-state index in [1.807, 2.05) is 4.57 Å². The predicted octanol–water partition coefficient (Wildman–Crippen LogP) is 1.47. The van der Waals surface area contributed by atoms with E-state index in [9.17, 15) is 0 Å². The van der Waals surface area contributed by atoms with Crippen LogP contribution in [0.1, 0.15) is 20.3 Å². The number of hydrogen-bond donors (Lipinski definition) is 1. The van der Waals surface area contributed by atoms with Crippen molar-refractivity contribution < 1.29 is 4.74 Å². The Morgan fingerprint density at radius 3 is 3.00 bits per heavy atom. The van der Waals surface area contributed by atoms with Crippen LogP contribution < -0.4 is 5.73 Å². The van der Waals surface area contributed by atoms with Crippen LogP contribution >= 0.6 is 0 Å². The van der Waals surface area contributed by atoms with Gasteiger partial charge in [-0.05, 0) is 12.3 Å². The molecule has 0 aliphatic rings. The first-order valence-electron chi connectivity index (χ1n) is 6.21. The summed E-state index contributed by atoms with van der Waals surface area (Å²) in [6, 6.07) is 0. The molecule has 0 unspecified atom stereocenters. The maximum atomic E-state index is 5.75. The normalized spacial score (nSPS) is 13.0. The summed E-state index contributed by atoms with van der Waals surface area (Å²) in [4.78, 5) is 12.4. The van der Waals surface area contributed by atoms with E-state index in [2.05, 4.69) is 28.8 Å². The smallest absolute Gasteiger partial charge is 0.165 e. The lowest BCUT2D eigenvalue weighted by atomic mass is 10.2. The molecule has 0 aliphatic carbocycles. The number of nitrogens with zero attached hydrogens (tertiary/aromatic N) is 4. The summed E-state index contributed by atoms with van der Waals surface area (Å²) in [6.07, 6.45) is 4.27. The van der Waals surface area contributed by atoms with E-state index in [-0.39, 0.29) is 0 Å². The average Bonchev–Trinajstić information content (AvgIpc) is 2.74. The second kappa shape index (κ2) is 5.77. The molecule has 0 aliphatic heterocycles. The molecule has 0 saturated carbocycles. The van der Waals surface area contributed by atoms with Crippen LogP contribution in [0.5, 0.6) is 0 Å². The van der Waals surface area contributed by atoms with Gasteiger partial charge in [-0.2, -0.15) is 0 Å². The summed E-state index contributed by atoms with van der Waals surface area (Å²) >= 11 is 0. The zero-order valence-electron chi connectivity index (χ0n) is 10.8. The Balaban J connectivity index is 2.05. The second-order valence-corrected chi connectivity index (χ2v) is 4.51. The fourth-order valence-corrected chi connectivity index (χ4v) is 1.85. The quantitative estimate of drug-likeness (QED) is 0.784. The molecule has 2 N–H and O–H groups in total. The van der Waals surface area contributed by atoms with Crippen LogP contribution in [0.2, 0.25) is 0 Å². The van der Waals surface area contributed by atoms with Gasteiger partial charge >= 0.3 is 0 Å². The molecule has 2 heterocycles. The van der Waals surface area contributed by atoms with E-state index in [0.717, 1.165) is 31.8 Å². The number of rotatable bonds is 6. The molecule has 6 nitrogen and oxygen atoms in total. The van der Waals surface area contributed by atoms with Crippen molar-refractivity contribution in [3.05, 3.63) is 12.7 Å². The molecule has 98 valence electrons. The molecular formula is C12H19N5O. The Bertz CT molecular complexity index is 510. The number of aromatic nitrogens is 4. The summed E-state index contributed by atoms with van der Waals surface area (Å²) in [6.45, 7) is 6.62. The van der Waals surface area contributed by atoms with Crippen molar-refractivity contribution >= 4 is 17.0 Å². The lowest BCUT2D eigenvalue weighted by molar-refractivity contribution is 0.0999. The van der Waals surface area contributed by atoms with E-state index >= 15 is 0 Å². The highest BCUT2D eigenvalue weighted by molar-refractivity contribution is 5.80. The van der Waals surface area contributed by atoms with Crippen LogP contribution in [0.25, 0.3) is 11.2 Å². The van der Waals surface area contributed by atoms with E-state index < -0.39 is 0 Å². The standard InChI is InChI=1S/C12H19N5O/c1-3-4-18-6-9(2)5-17-8-16-10-11(13)14-7-15-12(10)17/h7-9H,3-6H2,1-2H3,(H2,13,14,15)/t9-/m0/s1. The summed E-state index contributed by atoms with van der Waals surface area (Å²) in [5.74, 6) is 0.832. The van der Waals surface area contributed by atoms with Crippen molar-refractivity contribution in [3.63, 3.8) is 0 Å². The molecule has 18 heavy (non-hydrogen) atoms. The summed E-state index contributed by atoms with van der Waals surface area (Å²) in [5, 5.41) is 0. The van der Waals surface area contributed by atoms with Crippen molar-refractivity contribution in [3.8, 4) is 0 Å². The van der Waals surface area contributed by atoms with Crippen molar-refractivity contribution in [1.82, 2.24) is 19.5 Å². The summed E-state index contributed by atoms with van der Waals surface area (Å²) in [7, 11) is 0. The monoisotopic (exact) mass is 249 g/mol. The Kier molecular flexibility index (Phi) is 4.09. The number of hydrogen-bond acceptors (Lipinski definition) is 5. The van der Waals surface area contributed by atoms with Gasteiger partial charge in [0, 0.05) is 13.2 Å². The first-order chi connectivity index (χ1) is 8.72. The molecule has 6 heteroatoms. The van der Waals surface area contributed by atoms with Crippen molar-refractivity contribution in [2.75, 3.05) is 18.9 Å². The molecule has 2 aromatic rings. The largest absolute Gasteiger partial charge is 0.382 e. The fourth-order valence-electron chi connectivity index (χ4n) is 1.85. The third kappa shape index (κ3) is 2.76. The zero-order chi connectivity index (χ0) is 13.0. The summed E-state index contributed by atoms with van der Waals surface area (Å²) in [5.41, 5.74) is 7.20. The van der Waals surface area contributed by atoms with Gasteiger partial charge in [0.25, 0.3) is 0 Å². The minimum atomic E-state index is 0.408. The van der Waals surface area contributed by atoms with Crippen molar-refractivity contribution in [1.29, 1.82) is 0 Å². The topological polar surface area (TPSA) is 78.9 Å². The van der Waals surface area contributed by atoms with Crippen molar-refractivity contribution in [2.45, 2.75) is 26.8 Å². The van der Waals surface area contributed by atoms with E-state index in [4.69, 9.17) is 10.5 Å². The van der Waals surface area contributed by atoms with E-state index in [1.54, 1.807) is 6.33 Å². The first-order valence-corrected chi connectivity index (χ1v) is 6.21. The maximum Gasteiger partial charge on any atom is 0.165 e. The lowest BCUT2D eigenvalue weighted by Crippen LogP contribution is -2.14. The van der Waals surface area contributed by atoms with Gasteiger partial charge in [-0.15, -0.1) is 0 Å². The predicted molar refractivity (Wildman–Crippen MR) is 70.0 cm³/mol. The van der Waals surface area contributed by atoms with Gasteiger partial charge < -0.3 is 15.0 Å². The second-order valence-electron chi connectivity index (χ2n) is 4.51. The summed E-state index contributed by atoms with van der Waals surface area (Å²) < 4.78 is 7.53. The molecular weight excluding hydrogens is 230 g/mol. The van der Waals surface area contributed by atoms with Gasteiger partial charge in [-0.25, -0.2) is 15.0 Å². The molecule has 2 aromatic heterocycles. The molecule has 1 atom stereocenters. The highest BCUT2D eigenvalue weighted by Gasteiger charge is 2.10. The van der Waals surface area contributed by atoms with E-state index in [0.29, 0.717) is 17.3 Å². The number of nitrogen functional groups attached to an aromatic ring is 1. The minimum Gasteiger partial charge on any atom is -0.382 e. The molecule has 0 bridgehead atoms. The molecule has 0 radical (unpaired) electrons. The highest BCUT2D eigenvalue weighted by Crippen LogP contribution is 2.15. The third-order valence-electron chi connectivity index (χ3n) is 2.69. The number of fused-ring (bicyclic) bond motifs is 1. The number of anilines is 1. The van der Waals surface area contributed by atoms with Gasteiger partial charge in [-0.3, -0.25) is 0 Å². The molecule has 0 aromatic carbocycles. The number of imidazole rings is 1. The Hall–Kier alpha value is -1.69. The average molecular weight is 249 g/mol. The Morgan fingerprint density at radius 1 is 1.39 bits per heavy atom. The molecule has 0 fully saturated rings. The SMILES string of the molecule is CCCOC[C@@H](C)Cn1cnc2c(N)ncnc21. The van der Waals surface area contributed by atoms with Crippen LogP contribution in [0.15, 0.2) is 12.7 Å². The first kappa shape index (κ1) is 12.8. The maximum absolute atomic E-state index is 5.75. The van der Waals surface area contributed by atoms with Crippen molar-refractivity contribution in [2.24, 2.45) is 5.92 Å². The zero-order valence-corrected chi connectivity index (χ0v) is 10.8. The fraction of sp³-hybridized carbons (Fsp3) is 0.583. The molecule has 0 spiro atoms. The molecule has 2 rings (SSSR count). The van der Waals surface area contributed by atoms with Gasteiger partial charge in [-0.1, -0.05) is 13.8 Å². The van der Waals surface area contributed by atoms with Gasteiger partial charge in [0.2, 0.25) is 0 Å². The molecule has 0 saturated heterocycles. The van der Waals surface area contributed by atoms with Crippen LogP contribution in [0.3, 0.4) is 0 Å². The number of ether oxygens (including phenoxy) is 1. The minimum absolute atomic E-state index is 0.408. The van der Waals surface area contributed by atoms with Gasteiger partial charge in [0.05, 0.1) is 12.9 Å². The Morgan fingerprint density at radius 2 is 2.22 bits per heavy atom. The molecule has 0 amide bonds. The van der Waals surface area contributed by atoms with Gasteiger partial charge in [0.15, 0.2) is 11.5 Å². The number of nitrogens with two attached hydrogens (primary N) is 1. The van der Waals surface area contributed by atoms with Crippen LogP contribution in [-0.4, -0.2) is 32.7 Å². The Labute approximate surface area is 106 Å².